The fourth-order valence-electron chi connectivity index (χ4n) is 2.08. The molecule has 0 radical (unpaired) electrons. The molecule has 23 heavy (non-hydrogen) atoms. The van der Waals surface area contributed by atoms with Crippen molar-refractivity contribution in [3.05, 3.63) is 29.0 Å². The molecule has 0 saturated carbocycles. The maximum Gasteiger partial charge on any atom is 0.405 e. The summed E-state index contributed by atoms with van der Waals surface area (Å²) in [4.78, 5) is 27.5. The summed E-state index contributed by atoms with van der Waals surface area (Å²) in [5, 5.41) is 3.38. The van der Waals surface area contributed by atoms with Gasteiger partial charge >= 0.3 is 6.09 Å². The van der Waals surface area contributed by atoms with Crippen LogP contribution in [0.5, 0.6) is 0 Å². The summed E-state index contributed by atoms with van der Waals surface area (Å²) in [6, 6.07) is 3.93. The first-order chi connectivity index (χ1) is 10.8. The summed E-state index contributed by atoms with van der Waals surface area (Å²) in [5.41, 5.74) is 5.66. The van der Waals surface area contributed by atoms with Crippen molar-refractivity contribution in [1.29, 1.82) is 0 Å². The number of nitrogens with two attached hydrogens (primary N) is 1. The number of fused-ring (bicyclic) bond motifs is 1. The molecule has 2 atom stereocenters. The van der Waals surface area contributed by atoms with E-state index in [2.05, 4.69) is 10.3 Å². The van der Waals surface area contributed by atoms with Gasteiger partial charge in [0.15, 0.2) is 6.10 Å². The van der Waals surface area contributed by atoms with Crippen LogP contribution in [0.4, 0.5) is 9.18 Å². The van der Waals surface area contributed by atoms with Gasteiger partial charge in [-0.3, -0.25) is 4.79 Å². The molecule has 2 aromatic rings. The molecule has 1 aromatic heterocycles. The van der Waals surface area contributed by atoms with Crippen LogP contribution in [0.25, 0.3) is 10.2 Å². The van der Waals surface area contributed by atoms with Gasteiger partial charge < -0.3 is 15.8 Å². The van der Waals surface area contributed by atoms with E-state index in [0.717, 1.165) is 0 Å². The van der Waals surface area contributed by atoms with E-state index in [9.17, 15) is 14.0 Å². The van der Waals surface area contributed by atoms with Gasteiger partial charge in [0.2, 0.25) is 0 Å². The standard InChI is InChI=1S/C15H18FN3O3S/c1-7(2)12(22-15(17)21)13(20)18-8(3)14-19-10-5-4-9(16)6-11(10)23-14/h4-8,12H,1-3H3,(H2,17,21)(H,18,20). The van der Waals surface area contributed by atoms with Crippen molar-refractivity contribution in [1.82, 2.24) is 10.3 Å². The van der Waals surface area contributed by atoms with Crippen LogP contribution in [0.1, 0.15) is 31.8 Å². The SMILES string of the molecule is CC(NC(=O)C(OC(N)=O)C(C)C)c1nc2ccc(F)cc2s1. The van der Waals surface area contributed by atoms with Crippen LogP contribution < -0.4 is 11.1 Å². The average molecular weight is 339 g/mol. The van der Waals surface area contributed by atoms with E-state index in [1.54, 1.807) is 26.8 Å². The molecule has 2 unspecified atom stereocenters. The van der Waals surface area contributed by atoms with E-state index >= 15 is 0 Å². The molecule has 3 N–H and O–H groups in total. The monoisotopic (exact) mass is 339 g/mol. The number of halogens is 1. The minimum Gasteiger partial charge on any atom is -0.436 e. The zero-order valence-corrected chi connectivity index (χ0v) is 13.8. The lowest BCUT2D eigenvalue weighted by molar-refractivity contribution is -0.132. The molecule has 0 fully saturated rings. The minimum atomic E-state index is -0.998. The first-order valence-electron chi connectivity index (χ1n) is 7.10. The van der Waals surface area contributed by atoms with E-state index in [1.165, 1.54) is 23.5 Å². The minimum absolute atomic E-state index is 0.223. The van der Waals surface area contributed by atoms with E-state index in [0.29, 0.717) is 15.2 Å². The largest absolute Gasteiger partial charge is 0.436 e. The number of benzene rings is 1. The third-order valence-corrected chi connectivity index (χ3v) is 4.40. The van der Waals surface area contributed by atoms with Crippen molar-refractivity contribution in [3.63, 3.8) is 0 Å². The summed E-state index contributed by atoms with van der Waals surface area (Å²) in [7, 11) is 0. The van der Waals surface area contributed by atoms with E-state index in [4.69, 9.17) is 10.5 Å². The Balaban J connectivity index is 2.13. The Labute approximate surface area is 136 Å². The number of carbonyl (C=O) groups is 2. The van der Waals surface area contributed by atoms with Crippen LogP contribution in [0.2, 0.25) is 0 Å². The zero-order chi connectivity index (χ0) is 17.1. The van der Waals surface area contributed by atoms with Gasteiger partial charge in [0, 0.05) is 0 Å². The second-order valence-corrected chi connectivity index (χ2v) is 6.56. The molecule has 0 aliphatic rings. The van der Waals surface area contributed by atoms with Crippen molar-refractivity contribution in [2.45, 2.75) is 32.9 Å². The molecule has 0 aliphatic carbocycles. The van der Waals surface area contributed by atoms with Crippen molar-refractivity contribution in [2.75, 3.05) is 0 Å². The van der Waals surface area contributed by atoms with Gasteiger partial charge in [-0.25, -0.2) is 14.2 Å². The molecule has 1 heterocycles. The number of thiazole rings is 1. The van der Waals surface area contributed by atoms with Gasteiger partial charge in [0.05, 0.1) is 16.3 Å². The van der Waals surface area contributed by atoms with Crippen LogP contribution in [0.15, 0.2) is 18.2 Å². The van der Waals surface area contributed by atoms with E-state index in [1.807, 2.05) is 0 Å². The number of nitrogens with one attached hydrogen (secondary N) is 1. The number of amides is 2. The second-order valence-electron chi connectivity index (χ2n) is 5.50. The molecule has 1 aromatic carbocycles. The maximum atomic E-state index is 13.2. The van der Waals surface area contributed by atoms with Gasteiger partial charge in [0.1, 0.15) is 10.8 Å². The Morgan fingerprint density at radius 3 is 2.65 bits per heavy atom. The highest BCUT2D eigenvalue weighted by atomic mass is 32.1. The van der Waals surface area contributed by atoms with Crippen molar-refractivity contribution in [3.8, 4) is 0 Å². The topological polar surface area (TPSA) is 94.3 Å². The lowest BCUT2D eigenvalue weighted by Gasteiger charge is -2.21. The Bertz CT molecular complexity index is 732. The molecule has 2 amide bonds. The zero-order valence-electron chi connectivity index (χ0n) is 13.0. The molecule has 0 spiro atoms. The molecule has 124 valence electrons. The summed E-state index contributed by atoms with van der Waals surface area (Å²) in [6.07, 6.45) is -1.97. The van der Waals surface area contributed by atoms with Crippen molar-refractivity contribution < 1.29 is 18.7 Å². The lowest BCUT2D eigenvalue weighted by atomic mass is 10.1. The third kappa shape index (κ3) is 4.16. The highest BCUT2D eigenvalue weighted by Gasteiger charge is 2.27. The first kappa shape index (κ1) is 17.1. The van der Waals surface area contributed by atoms with Gasteiger partial charge in [0.25, 0.3) is 5.91 Å². The highest BCUT2D eigenvalue weighted by Crippen LogP contribution is 2.27. The number of hydrogen-bond donors (Lipinski definition) is 2. The summed E-state index contributed by atoms with van der Waals surface area (Å²) >= 11 is 1.30. The number of rotatable bonds is 5. The van der Waals surface area contributed by atoms with Crippen LogP contribution in [0, 0.1) is 11.7 Å². The Kier molecular flexibility index (Phi) is 5.15. The second kappa shape index (κ2) is 6.91. The predicted molar refractivity (Wildman–Crippen MR) is 85.4 cm³/mol. The van der Waals surface area contributed by atoms with Crippen LogP contribution >= 0.6 is 11.3 Å². The van der Waals surface area contributed by atoms with Gasteiger partial charge in [-0.05, 0) is 31.0 Å². The summed E-state index contributed by atoms with van der Waals surface area (Å²) in [6.45, 7) is 5.25. The predicted octanol–water partition coefficient (Wildman–Crippen LogP) is 2.73. The molecule has 0 bridgehead atoms. The number of primary amides is 1. The third-order valence-electron chi connectivity index (χ3n) is 3.20. The molecular weight excluding hydrogens is 321 g/mol. The van der Waals surface area contributed by atoms with Crippen LogP contribution in [-0.2, 0) is 9.53 Å². The number of carbonyl (C=O) groups excluding carboxylic acids is 2. The van der Waals surface area contributed by atoms with E-state index in [-0.39, 0.29) is 11.7 Å². The molecular formula is C15H18FN3O3S. The fraction of sp³-hybridized carbons (Fsp3) is 0.400. The highest BCUT2D eigenvalue weighted by molar-refractivity contribution is 7.18. The molecule has 0 saturated heterocycles. The number of aromatic nitrogens is 1. The average Bonchev–Trinajstić information content (AvgIpc) is 2.87. The lowest BCUT2D eigenvalue weighted by Crippen LogP contribution is -2.42. The Morgan fingerprint density at radius 2 is 2.04 bits per heavy atom. The van der Waals surface area contributed by atoms with Gasteiger partial charge in [-0.15, -0.1) is 11.3 Å². The number of hydrogen-bond acceptors (Lipinski definition) is 5. The van der Waals surface area contributed by atoms with Gasteiger partial charge in [-0.1, -0.05) is 13.8 Å². The number of nitrogens with zero attached hydrogens (tertiary/aromatic N) is 1. The molecule has 6 nitrogen and oxygen atoms in total. The molecule has 2 rings (SSSR count). The van der Waals surface area contributed by atoms with Crippen LogP contribution in [0.3, 0.4) is 0 Å². The van der Waals surface area contributed by atoms with E-state index < -0.39 is 24.1 Å². The Morgan fingerprint density at radius 1 is 1.35 bits per heavy atom. The van der Waals surface area contributed by atoms with Crippen molar-refractivity contribution in [2.24, 2.45) is 11.7 Å². The van der Waals surface area contributed by atoms with Crippen LogP contribution in [-0.4, -0.2) is 23.1 Å². The molecule has 8 heteroatoms. The van der Waals surface area contributed by atoms with Gasteiger partial charge in [-0.2, -0.15) is 0 Å². The summed E-state index contributed by atoms with van der Waals surface area (Å²) in [5.74, 6) is -1.00. The fourth-order valence-corrected chi connectivity index (χ4v) is 3.07. The number of ether oxygens (including phenoxy) is 1. The quantitative estimate of drug-likeness (QED) is 0.876. The smallest absolute Gasteiger partial charge is 0.405 e. The Hall–Kier alpha value is -2.22. The normalized spacial score (nSPS) is 13.8. The first-order valence-corrected chi connectivity index (χ1v) is 7.92. The molecule has 0 aliphatic heterocycles. The maximum absolute atomic E-state index is 13.2. The van der Waals surface area contributed by atoms with Crippen molar-refractivity contribution >= 4 is 33.6 Å². The summed E-state index contributed by atoms with van der Waals surface area (Å²) < 4.78 is 18.8.